The van der Waals surface area contributed by atoms with Crippen molar-refractivity contribution in [2.45, 2.75) is 25.7 Å². The molecule has 0 bridgehead atoms. The molecule has 2 aromatic carbocycles. The van der Waals surface area contributed by atoms with Crippen molar-refractivity contribution in [2.75, 3.05) is 0 Å². The predicted molar refractivity (Wildman–Crippen MR) is 125 cm³/mol. The minimum absolute atomic E-state index is 0.444. The molecule has 3 heterocycles. The number of aromatic nitrogens is 4. The normalized spacial score (nSPS) is 12.8. The number of nitrogens with one attached hydrogen (secondary N) is 1. The van der Waals surface area contributed by atoms with Crippen molar-refractivity contribution >= 4 is 22.5 Å². The summed E-state index contributed by atoms with van der Waals surface area (Å²) < 4.78 is 42.9. The number of carbonyl (C=O) groups is 1. The SMILES string of the molecule is C[C@H](NC(=O)Cn1c(=O)n(-c2ccc(-c3cnn4ccccc34)cc2)c2ccccc21)C(F)(F)F. The van der Waals surface area contributed by atoms with E-state index in [9.17, 15) is 22.8 Å². The van der Waals surface area contributed by atoms with Gasteiger partial charge in [-0.25, -0.2) is 9.31 Å². The Morgan fingerprint density at radius 3 is 2.34 bits per heavy atom. The van der Waals surface area contributed by atoms with E-state index in [1.165, 1.54) is 9.13 Å². The van der Waals surface area contributed by atoms with Crippen molar-refractivity contribution in [1.29, 1.82) is 0 Å². The number of amides is 1. The third-order valence-electron chi connectivity index (χ3n) is 5.87. The van der Waals surface area contributed by atoms with Crippen LogP contribution in [-0.4, -0.2) is 36.9 Å². The second-order valence-corrected chi connectivity index (χ2v) is 8.16. The molecule has 1 N–H and O–H groups in total. The number of rotatable bonds is 5. The van der Waals surface area contributed by atoms with Gasteiger partial charge in [-0.2, -0.15) is 18.3 Å². The Labute approximate surface area is 197 Å². The molecule has 3 aromatic heterocycles. The Balaban J connectivity index is 1.51. The number of alkyl halides is 3. The van der Waals surface area contributed by atoms with Crippen LogP contribution in [0.2, 0.25) is 0 Å². The zero-order valence-electron chi connectivity index (χ0n) is 18.5. The van der Waals surface area contributed by atoms with Crippen LogP contribution in [0.4, 0.5) is 13.2 Å². The first kappa shape index (κ1) is 22.5. The second-order valence-electron chi connectivity index (χ2n) is 8.16. The molecule has 0 saturated heterocycles. The van der Waals surface area contributed by atoms with Crippen LogP contribution in [0.5, 0.6) is 0 Å². The molecule has 0 aliphatic rings. The van der Waals surface area contributed by atoms with Crippen molar-refractivity contribution in [3.05, 3.63) is 89.6 Å². The van der Waals surface area contributed by atoms with Gasteiger partial charge in [-0.3, -0.25) is 13.9 Å². The molecule has 35 heavy (non-hydrogen) atoms. The molecule has 0 aliphatic carbocycles. The highest BCUT2D eigenvalue weighted by atomic mass is 19.4. The van der Waals surface area contributed by atoms with E-state index < -0.39 is 30.4 Å². The van der Waals surface area contributed by atoms with Crippen molar-refractivity contribution < 1.29 is 18.0 Å². The quantitative estimate of drug-likeness (QED) is 0.411. The Hall–Kier alpha value is -4.34. The van der Waals surface area contributed by atoms with Crippen LogP contribution in [0.15, 0.2) is 83.9 Å². The highest BCUT2D eigenvalue weighted by Gasteiger charge is 2.37. The fraction of sp³-hybridized carbons (Fsp3) is 0.160. The van der Waals surface area contributed by atoms with Crippen LogP contribution in [0, 0.1) is 0 Å². The summed E-state index contributed by atoms with van der Waals surface area (Å²) in [6.45, 7) is 0.322. The molecule has 0 radical (unpaired) electrons. The summed E-state index contributed by atoms with van der Waals surface area (Å²) in [5.74, 6) is -0.900. The minimum atomic E-state index is -4.57. The van der Waals surface area contributed by atoms with Gasteiger partial charge in [0.05, 0.1) is 28.4 Å². The van der Waals surface area contributed by atoms with Gasteiger partial charge in [0.15, 0.2) is 0 Å². The van der Waals surface area contributed by atoms with E-state index >= 15 is 0 Å². The smallest absolute Gasteiger partial charge is 0.343 e. The predicted octanol–water partition coefficient (Wildman–Crippen LogP) is 4.17. The summed E-state index contributed by atoms with van der Waals surface area (Å²) in [7, 11) is 0. The molecule has 0 saturated carbocycles. The lowest BCUT2D eigenvalue weighted by Crippen LogP contribution is -2.45. The number of para-hydroxylation sites is 2. The number of imidazole rings is 1. The molecule has 178 valence electrons. The summed E-state index contributed by atoms with van der Waals surface area (Å²) in [6, 6.07) is 17.9. The lowest BCUT2D eigenvalue weighted by atomic mass is 10.1. The first-order chi connectivity index (χ1) is 16.7. The van der Waals surface area contributed by atoms with Crippen molar-refractivity contribution in [3.63, 3.8) is 0 Å². The van der Waals surface area contributed by atoms with Crippen LogP contribution < -0.4 is 11.0 Å². The third kappa shape index (κ3) is 4.07. The van der Waals surface area contributed by atoms with Gasteiger partial charge in [-0.05, 0) is 48.9 Å². The van der Waals surface area contributed by atoms with Gasteiger partial charge in [0, 0.05) is 11.8 Å². The maximum absolute atomic E-state index is 13.3. The van der Waals surface area contributed by atoms with Crippen molar-refractivity contribution in [1.82, 2.24) is 24.1 Å². The van der Waals surface area contributed by atoms with Gasteiger partial charge in [-0.1, -0.05) is 30.3 Å². The number of hydrogen-bond acceptors (Lipinski definition) is 3. The van der Waals surface area contributed by atoms with Gasteiger partial charge >= 0.3 is 11.9 Å². The maximum Gasteiger partial charge on any atom is 0.408 e. The Morgan fingerprint density at radius 2 is 1.63 bits per heavy atom. The van der Waals surface area contributed by atoms with Crippen LogP contribution in [0.3, 0.4) is 0 Å². The monoisotopic (exact) mass is 479 g/mol. The zero-order chi connectivity index (χ0) is 24.7. The summed E-state index contributed by atoms with van der Waals surface area (Å²) in [5, 5.41) is 6.25. The first-order valence-corrected chi connectivity index (χ1v) is 10.8. The molecule has 5 aromatic rings. The largest absolute Gasteiger partial charge is 0.408 e. The Morgan fingerprint density at radius 1 is 0.971 bits per heavy atom. The van der Waals surface area contributed by atoms with Crippen LogP contribution in [0.1, 0.15) is 6.92 Å². The van der Waals surface area contributed by atoms with E-state index in [0.717, 1.165) is 23.6 Å². The maximum atomic E-state index is 13.3. The number of pyridine rings is 1. The van der Waals surface area contributed by atoms with E-state index in [-0.39, 0.29) is 0 Å². The van der Waals surface area contributed by atoms with E-state index in [1.54, 1.807) is 47.1 Å². The lowest BCUT2D eigenvalue weighted by molar-refractivity contribution is -0.158. The highest BCUT2D eigenvalue weighted by Crippen LogP contribution is 2.26. The zero-order valence-corrected chi connectivity index (χ0v) is 18.5. The summed E-state index contributed by atoms with van der Waals surface area (Å²) >= 11 is 0. The fourth-order valence-electron chi connectivity index (χ4n) is 4.07. The van der Waals surface area contributed by atoms with Gasteiger partial charge in [0.1, 0.15) is 12.6 Å². The Kier molecular flexibility index (Phi) is 5.43. The minimum Gasteiger partial charge on any atom is -0.343 e. The van der Waals surface area contributed by atoms with Gasteiger partial charge in [0.2, 0.25) is 5.91 Å². The molecule has 0 unspecified atom stereocenters. The molecule has 0 fully saturated rings. The molecule has 0 aliphatic heterocycles. The molecule has 7 nitrogen and oxygen atoms in total. The first-order valence-electron chi connectivity index (χ1n) is 10.8. The fourth-order valence-corrected chi connectivity index (χ4v) is 4.07. The van der Waals surface area contributed by atoms with Crippen LogP contribution in [-0.2, 0) is 11.3 Å². The van der Waals surface area contributed by atoms with E-state index in [4.69, 9.17) is 0 Å². The Bertz CT molecular complexity index is 1600. The lowest BCUT2D eigenvalue weighted by Gasteiger charge is -2.17. The summed E-state index contributed by atoms with van der Waals surface area (Å²) in [4.78, 5) is 25.6. The molecular weight excluding hydrogens is 459 g/mol. The van der Waals surface area contributed by atoms with E-state index in [0.29, 0.717) is 16.7 Å². The standard InChI is InChI=1S/C25H20F3N5O2/c1-16(25(26,27)28)30-23(34)15-31-21-7-2-3-8-22(21)33(24(31)35)18-11-9-17(10-12-18)19-14-29-32-13-5-4-6-20(19)32/h2-14,16H,15H2,1H3,(H,30,34)/t16-/m0/s1. The molecule has 5 rings (SSSR count). The number of hydrogen-bond donors (Lipinski definition) is 1. The van der Waals surface area contributed by atoms with Gasteiger partial charge < -0.3 is 5.32 Å². The van der Waals surface area contributed by atoms with Crippen LogP contribution >= 0.6 is 0 Å². The van der Waals surface area contributed by atoms with Gasteiger partial charge in [0.25, 0.3) is 0 Å². The van der Waals surface area contributed by atoms with Crippen LogP contribution in [0.25, 0.3) is 33.4 Å². The van der Waals surface area contributed by atoms with E-state index in [1.807, 2.05) is 41.8 Å². The number of nitrogens with zero attached hydrogens (tertiary/aromatic N) is 4. The summed E-state index contributed by atoms with van der Waals surface area (Å²) in [6.07, 6.45) is -0.951. The molecule has 1 atom stereocenters. The molecule has 0 spiro atoms. The average molecular weight is 479 g/mol. The number of halogens is 3. The number of fused-ring (bicyclic) bond motifs is 2. The third-order valence-corrected chi connectivity index (χ3v) is 5.87. The highest BCUT2D eigenvalue weighted by molar-refractivity contribution is 5.83. The molecule has 1 amide bonds. The van der Waals surface area contributed by atoms with E-state index in [2.05, 4.69) is 5.10 Å². The molecule has 10 heteroatoms. The second kappa shape index (κ2) is 8.46. The van der Waals surface area contributed by atoms with Crippen molar-refractivity contribution in [3.8, 4) is 16.8 Å². The summed E-state index contributed by atoms with van der Waals surface area (Å²) in [5.41, 5.74) is 3.80. The molecular formula is C25H20F3N5O2. The average Bonchev–Trinajstić information content (AvgIpc) is 3.38. The number of benzene rings is 2. The van der Waals surface area contributed by atoms with Crippen molar-refractivity contribution in [2.24, 2.45) is 0 Å². The number of carbonyl (C=O) groups excluding carboxylic acids is 1. The topological polar surface area (TPSA) is 73.3 Å². The van der Waals surface area contributed by atoms with Gasteiger partial charge in [-0.15, -0.1) is 0 Å².